The molecule has 0 unspecified atom stereocenters. The number of aromatic nitrogens is 1. The van der Waals surface area contributed by atoms with E-state index >= 15 is 0 Å². The molecule has 1 aromatic carbocycles. The molecule has 0 aliphatic carbocycles. The van der Waals surface area contributed by atoms with Crippen LogP contribution in [-0.4, -0.2) is 4.98 Å². The number of hydrogen-bond acceptors (Lipinski definition) is 2. The minimum atomic E-state index is -0.383. The van der Waals surface area contributed by atoms with E-state index in [1.54, 1.807) is 0 Å². The molecule has 15 heavy (non-hydrogen) atoms. The summed E-state index contributed by atoms with van der Waals surface area (Å²) in [7, 11) is 0. The molecule has 1 aromatic heterocycles. The van der Waals surface area contributed by atoms with E-state index in [4.69, 9.17) is 4.42 Å². The van der Waals surface area contributed by atoms with E-state index in [0.717, 1.165) is 16.6 Å². The molecule has 0 aliphatic rings. The van der Waals surface area contributed by atoms with Gasteiger partial charge in [0.1, 0.15) is 0 Å². The first-order valence-electron chi connectivity index (χ1n) is 5.19. The highest BCUT2D eigenvalue weighted by Crippen LogP contribution is 2.21. The van der Waals surface area contributed by atoms with Gasteiger partial charge in [0.15, 0.2) is 5.58 Å². The monoisotopic (exact) mass is 207 g/mol. The summed E-state index contributed by atoms with van der Waals surface area (Å²) in [5, 5.41) is 0. The molecule has 1 N–H and O–H groups in total. The van der Waals surface area contributed by atoms with Crippen LogP contribution in [0.1, 0.15) is 30.5 Å². The van der Waals surface area contributed by atoms with Gasteiger partial charge >= 0.3 is 5.76 Å². The molecule has 0 amide bonds. The lowest BCUT2D eigenvalue weighted by molar-refractivity contribution is 0.553. The predicted molar refractivity (Wildman–Crippen MR) is 62.4 cm³/mol. The van der Waals surface area contributed by atoms with Crippen molar-refractivity contribution in [1.29, 1.82) is 0 Å². The third-order valence-corrected chi connectivity index (χ3v) is 2.41. The van der Waals surface area contributed by atoms with Crippen molar-refractivity contribution in [2.24, 2.45) is 0 Å². The maximum atomic E-state index is 11.0. The highest BCUT2D eigenvalue weighted by Gasteiger charge is 2.08. The highest BCUT2D eigenvalue weighted by molar-refractivity contribution is 5.80. The van der Waals surface area contributed by atoms with Gasteiger partial charge in [-0.25, -0.2) is 4.79 Å². The number of hydrogen-bond donors (Lipinski definition) is 1. The molecule has 3 nitrogen and oxygen atoms in total. The molecule has 2 rings (SSSR count). The van der Waals surface area contributed by atoms with Gasteiger partial charge in [-0.3, -0.25) is 4.98 Å². The summed E-state index contributed by atoms with van der Waals surface area (Å²) in [6.07, 6.45) is 0. The van der Waals surface area contributed by atoms with Crippen LogP contribution in [0.4, 0.5) is 0 Å². The van der Waals surface area contributed by atoms with Gasteiger partial charge in [0.05, 0.1) is 5.52 Å². The molecule has 0 fully saturated rings. The SMILES string of the molecule is CC.Cc1cc(C)c2oc(=O)[nH]c2c1C. The molecule has 0 saturated carbocycles. The van der Waals surface area contributed by atoms with E-state index in [9.17, 15) is 4.79 Å². The first-order valence-corrected chi connectivity index (χ1v) is 5.19. The molecule has 0 saturated heterocycles. The van der Waals surface area contributed by atoms with Crippen molar-refractivity contribution in [3.63, 3.8) is 0 Å². The van der Waals surface area contributed by atoms with Crippen LogP contribution >= 0.6 is 0 Å². The van der Waals surface area contributed by atoms with Gasteiger partial charge < -0.3 is 4.42 Å². The lowest BCUT2D eigenvalue weighted by Crippen LogP contribution is -1.93. The Labute approximate surface area is 89.1 Å². The zero-order valence-corrected chi connectivity index (χ0v) is 9.89. The Hall–Kier alpha value is -1.51. The number of aryl methyl sites for hydroxylation is 3. The Morgan fingerprint density at radius 1 is 1.13 bits per heavy atom. The number of nitrogens with one attached hydrogen (secondary N) is 1. The summed E-state index contributed by atoms with van der Waals surface area (Å²) in [4.78, 5) is 13.7. The number of rotatable bonds is 0. The molecular formula is C12H17NO2. The number of oxazole rings is 1. The topological polar surface area (TPSA) is 46.0 Å². The summed E-state index contributed by atoms with van der Waals surface area (Å²) >= 11 is 0. The second-order valence-corrected chi connectivity index (χ2v) is 3.35. The second-order valence-electron chi connectivity index (χ2n) is 3.35. The van der Waals surface area contributed by atoms with E-state index in [0.29, 0.717) is 5.58 Å². The molecule has 0 bridgehead atoms. The van der Waals surface area contributed by atoms with Gasteiger partial charge in [0.2, 0.25) is 0 Å². The second kappa shape index (κ2) is 4.34. The largest absolute Gasteiger partial charge is 0.417 e. The molecule has 3 heteroatoms. The number of H-pyrrole nitrogens is 1. The van der Waals surface area contributed by atoms with Gasteiger partial charge in [0, 0.05) is 0 Å². The van der Waals surface area contributed by atoms with Crippen LogP contribution in [0.25, 0.3) is 11.1 Å². The van der Waals surface area contributed by atoms with Crippen LogP contribution in [0.3, 0.4) is 0 Å². The average Bonchev–Trinajstić information content (AvgIpc) is 2.61. The molecule has 0 spiro atoms. The quantitative estimate of drug-likeness (QED) is 0.721. The van der Waals surface area contributed by atoms with E-state index in [1.165, 1.54) is 5.56 Å². The van der Waals surface area contributed by atoms with Crippen LogP contribution < -0.4 is 5.76 Å². The lowest BCUT2D eigenvalue weighted by Gasteiger charge is -2.01. The zero-order chi connectivity index (χ0) is 11.6. The number of aromatic amines is 1. The van der Waals surface area contributed by atoms with Crippen LogP contribution in [0.15, 0.2) is 15.3 Å². The molecule has 82 valence electrons. The molecule has 0 atom stereocenters. The van der Waals surface area contributed by atoms with Gasteiger partial charge in [-0.05, 0) is 37.5 Å². The van der Waals surface area contributed by atoms with E-state index in [1.807, 2.05) is 40.7 Å². The summed E-state index contributed by atoms with van der Waals surface area (Å²) in [5.74, 6) is -0.383. The zero-order valence-electron chi connectivity index (χ0n) is 9.89. The number of fused-ring (bicyclic) bond motifs is 1. The van der Waals surface area contributed by atoms with Crippen molar-refractivity contribution < 1.29 is 4.42 Å². The fraction of sp³-hybridized carbons (Fsp3) is 0.417. The van der Waals surface area contributed by atoms with Crippen LogP contribution in [0, 0.1) is 20.8 Å². The minimum Gasteiger partial charge on any atom is -0.408 e. The maximum Gasteiger partial charge on any atom is 0.417 e. The Balaban J connectivity index is 0.000000531. The van der Waals surface area contributed by atoms with E-state index in [-0.39, 0.29) is 5.76 Å². The Morgan fingerprint density at radius 3 is 2.33 bits per heavy atom. The van der Waals surface area contributed by atoms with Crippen molar-refractivity contribution >= 4 is 11.1 Å². The Bertz CT molecular complexity index is 520. The first kappa shape index (κ1) is 11.6. The highest BCUT2D eigenvalue weighted by atomic mass is 16.4. The van der Waals surface area contributed by atoms with E-state index in [2.05, 4.69) is 4.98 Å². The van der Waals surface area contributed by atoms with Crippen LogP contribution in [0.5, 0.6) is 0 Å². The van der Waals surface area contributed by atoms with Crippen molar-refractivity contribution in [1.82, 2.24) is 4.98 Å². The average molecular weight is 207 g/mol. The predicted octanol–water partition coefficient (Wildman–Crippen LogP) is 3.07. The van der Waals surface area contributed by atoms with Gasteiger partial charge in [-0.15, -0.1) is 0 Å². The Kier molecular flexibility index (Phi) is 3.35. The molecule has 0 radical (unpaired) electrons. The first-order chi connectivity index (χ1) is 7.09. The summed E-state index contributed by atoms with van der Waals surface area (Å²) < 4.78 is 5.02. The van der Waals surface area contributed by atoms with Crippen molar-refractivity contribution in [2.75, 3.05) is 0 Å². The molecular weight excluding hydrogens is 190 g/mol. The lowest BCUT2D eigenvalue weighted by atomic mass is 10.1. The Morgan fingerprint density at radius 2 is 1.73 bits per heavy atom. The summed E-state index contributed by atoms with van der Waals surface area (Å²) in [5.41, 5.74) is 4.74. The normalized spacial score (nSPS) is 9.93. The molecule has 0 aliphatic heterocycles. The summed E-state index contributed by atoms with van der Waals surface area (Å²) in [6.45, 7) is 9.93. The van der Waals surface area contributed by atoms with Crippen molar-refractivity contribution in [2.45, 2.75) is 34.6 Å². The van der Waals surface area contributed by atoms with Crippen LogP contribution in [0.2, 0.25) is 0 Å². The third-order valence-electron chi connectivity index (χ3n) is 2.41. The van der Waals surface area contributed by atoms with Gasteiger partial charge in [0.25, 0.3) is 0 Å². The fourth-order valence-electron chi connectivity index (χ4n) is 1.57. The molecule has 1 heterocycles. The van der Waals surface area contributed by atoms with Gasteiger partial charge in [-0.2, -0.15) is 0 Å². The van der Waals surface area contributed by atoms with E-state index < -0.39 is 0 Å². The minimum absolute atomic E-state index is 0.383. The smallest absolute Gasteiger partial charge is 0.408 e. The maximum absolute atomic E-state index is 11.0. The third kappa shape index (κ3) is 1.96. The van der Waals surface area contributed by atoms with Crippen molar-refractivity contribution in [3.05, 3.63) is 33.3 Å². The van der Waals surface area contributed by atoms with Crippen LogP contribution in [-0.2, 0) is 0 Å². The van der Waals surface area contributed by atoms with Gasteiger partial charge in [-0.1, -0.05) is 19.9 Å². The molecule has 2 aromatic rings. The fourth-order valence-corrected chi connectivity index (χ4v) is 1.57. The van der Waals surface area contributed by atoms with Crippen molar-refractivity contribution in [3.8, 4) is 0 Å². The number of benzene rings is 1. The summed E-state index contributed by atoms with van der Waals surface area (Å²) in [6, 6.07) is 2.02. The standard InChI is InChI=1S/C10H11NO2.C2H6/c1-5-4-6(2)9-8(7(5)3)11-10(12)13-9;1-2/h4H,1-3H3,(H,11,12);1-2H3.